The molecule has 0 radical (unpaired) electrons. The molecule has 1 amide bonds. The Hall–Kier alpha value is -1.52. The summed E-state index contributed by atoms with van der Waals surface area (Å²) in [6, 6.07) is -1.05. The van der Waals surface area contributed by atoms with Crippen molar-refractivity contribution < 1.29 is 18.0 Å². The lowest BCUT2D eigenvalue weighted by molar-refractivity contribution is -0.189. The number of alkyl halides is 3. The van der Waals surface area contributed by atoms with Gasteiger partial charge in [0.15, 0.2) is 0 Å². The molecule has 0 saturated heterocycles. The van der Waals surface area contributed by atoms with Crippen LogP contribution in [-0.4, -0.2) is 29.1 Å². The van der Waals surface area contributed by atoms with Crippen molar-refractivity contribution in [1.29, 1.82) is 0 Å². The SMILES string of the molecule is C=CC[C@H]1CC=C[C@@H](CC=C)N1C(=O)C(F)(F)F. The largest absolute Gasteiger partial charge is 0.471 e. The van der Waals surface area contributed by atoms with E-state index in [1.807, 2.05) is 6.08 Å². The molecule has 0 unspecified atom stereocenters. The smallest absolute Gasteiger partial charge is 0.325 e. The average Bonchev–Trinajstić information content (AvgIpc) is 2.28. The molecule has 0 aromatic heterocycles. The first kappa shape index (κ1) is 14.5. The van der Waals surface area contributed by atoms with Crippen LogP contribution in [0.1, 0.15) is 19.3 Å². The second-order valence-corrected chi connectivity index (χ2v) is 4.14. The Morgan fingerprint density at radius 2 is 1.94 bits per heavy atom. The van der Waals surface area contributed by atoms with E-state index in [1.54, 1.807) is 6.08 Å². The first-order valence-corrected chi connectivity index (χ1v) is 5.69. The summed E-state index contributed by atoms with van der Waals surface area (Å²) in [5.74, 6) is -1.79. The molecule has 5 heteroatoms. The topological polar surface area (TPSA) is 20.3 Å². The molecule has 2 nitrogen and oxygen atoms in total. The van der Waals surface area contributed by atoms with E-state index < -0.39 is 24.2 Å². The van der Waals surface area contributed by atoms with Crippen LogP contribution in [0.25, 0.3) is 0 Å². The molecule has 0 N–H and O–H groups in total. The number of halogens is 3. The van der Waals surface area contributed by atoms with Crippen molar-refractivity contribution in [2.45, 2.75) is 37.5 Å². The standard InChI is InChI=1S/C13H16F3NO/c1-3-6-10-8-5-9-11(7-4-2)17(10)12(18)13(14,15)16/h3-5,8,10-11H,1-2,6-7,9H2/t10-,11+/m1/s1. The van der Waals surface area contributed by atoms with Gasteiger partial charge in [0, 0.05) is 6.04 Å². The molecular weight excluding hydrogens is 243 g/mol. The van der Waals surface area contributed by atoms with Crippen LogP contribution in [0, 0.1) is 0 Å². The maximum atomic E-state index is 12.6. The predicted octanol–water partition coefficient (Wildman–Crippen LogP) is 3.23. The fourth-order valence-electron chi connectivity index (χ4n) is 2.10. The van der Waals surface area contributed by atoms with E-state index in [-0.39, 0.29) is 0 Å². The lowest BCUT2D eigenvalue weighted by Gasteiger charge is -2.39. The van der Waals surface area contributed by atoms with E-state index in [4.69, 9.17) is 0 Å². The average molecular weight is 259 g/mol. The number of hydrogen-bond acceptors (Lipinski definition) is 1. The van der Waals surface area contributed by atoms with Crippen LogP contribution in [-0.2, 0) is 4.79 Å². The minimum atomic E-state index is -4.84. The van der Waals surface area contributed by atoms with Gasteiger partial charge >= 0.3 is 12.1 Å². The molecule has 0 spiro atoms. The molecule has 0 aromatic carbocycles. The number of nitrogens with zero attached hydrogens (tertiary/aromatic N) is 1. The predicted molar refractivity (Wildman–Crippen MR) is 63.9 cm³/mol. The van der Waals surface area contributed by atoms with Gasteiger partial charge in [-0.15, -0.1) is 13.2 Å². The maximum Gasteiger partial charge on any atom is 0.471 e. The van der Waals surface area contributed by atoms with E-state index >= 15 is 0 Å². The molecule has 1 heterocycles. The minimum absolute atomic E-state index is 0.311. The van der Waals surface area contributed by atoms with Crippen molar-refractivity contribution >= 4 is 5.91 Å². The summed E-state index contributed by atoms with van der Waals surface area (Å²) in [4.78, 5) is 12.4. The third-order valence-corrected chi connectivity index (χ3v) is 2.84. The summed E-state index contributed by atoms with van der Waals surface area (Å²) in [7, 11) is 0. The zero-order chi connectivity index (χ0) is 13.8. The Labute approximate surface area is 104 Å². The van der Waals surface area contributed by atoms with Crippen LogP contribution >= 0.6 is 0 Å². The number of hydrogen-bond donors (Lipinski definition) is 0. The molecule has 18 heavy (non-hydrogen) atoms. The number of amides is 1. The van der Waals surface area contributed by atoms with Crippen LogP contribution < -0.4 is 0 Å². The van der Waals surface area contributed by atoms with Gasteiger partial charge in [-0.05, 0) is 19.3 Å². The second-order valence-electron chi connectivity index (χ2n) is 4.14. The van der Waals surface area contributed by atoms with Crippen molar-refractivity contribution in [1.82, 2.24) is 4.90 Å². The van der Waals surface area contributed by atoms with Crippen LogP contribution in [0.15, 0.2) is 37.5 Å². The van der Waals surface area contributed by atoms with Gasteiger partial charge in [-0.25, -0.2) is 0 Å². The number of carbonyl (C=O) groups excluding carboxylic acids is 1. The van der Waals surface area contributed by atoms with Gasteiger partial charge in [-0.1, -0.05) is 24.3 Å². The molecule has 0 aromatic rings. The molecule has 1 rings (SSSR count). The van der Waals surface area contributed by atoms with Gasteiger partial charge < -0.3 is 4.90 Å². The van der Waals surface area contributed by atoms with Crippen molar-refractivity contribution in [2.75, 3.05) is 0 Å². The number of rotatable bonds is 4. The van der Waals surface area contributed by atoms with Gasteiger partial charge in [0.05, 0.1) is 6.04 Å². The first-order valence-electron chi connectivity index (χ1n) is 5.69. The van der Waals surface area contributed by atoms with Crippen LogP contribution in [0.2, 0.25) is 0 Å². The lowest BCUT2D eigenvalue weighted by Crippen LogP contribution is -2.52. The third kappa shape index (κ3) is 3.24. The van der Waals surface area contributed by atoms with Gasteiger partial charge in [-0.2, -0.15) is 13.2 Å². The van der Waals surface area contributed by atoms with Gasteiger partial charge in [-0.3, -0.25) is 4.79 Å². The summed E-state index contributed by atoms with van der Waals surface area (Å²) in [6.07, 6.45) is 2.72. The first-order chi connectivity index (χ1) is 8.41. The zero-order valence-electron chi connectivity index (χ0n) is 9.99. The highest BCUT2D eigenvalue weighted by atomic mass is 19.4. The monoisotopic (exact) mass is 259 g/mol. The van der Waals surface area contributed by atoms with E-state index in [0.717, 1.165) is 4.90 Å². The second kappa shape index (κ2) is 5.89. The van der Waals surface area contributed by atoms with Crippen molar-refractivity contribution in [3.05, 3.63) is 37.5 Å². The highest BCUT2D eigenvalue weighted by molar-refractivity contribution is 5.83. The Bertz CT molecular complexity index is 360. The summed E-state index contributed by atoms with van der Waals surface area (Å²) in [5.41, 5.74) is 0. The van der Waals surface area contributed by atoms with Crippen LogP contribution in [0.4, 0.5) is 13.2 Å². The number of carbonyl (C=O) groups is 1. The fraction of sp³-hybridized carbons (Fsp3) is 0.462. The third-order valence-electron chi connectivity index (χ3n) is 2.84. The Morgan fingerprint density at radius 1 is 1.33 bits per heavy atom. The molecule has 100 valence electrons. The fourth-order valence-corrected chi connectivity index (χ4v) is 2.10. The molecule has 0 saturated carbocycles. The highest BCUT2D eigenvalue weighted by Gasteiger charge is 2.46. The van der Waals surface area contributed by atoms with Crippen LogP contribution in [0.3, 0.4) is 0 Å². The lowest BCUT2D eigenvalue weighted by atomic mass is 9.97. The van der Waals surface area contributed by atoms with E-state index in [9.17, 15) is 18.0 Å². The summed E-state index contributed by atoms with van der Waals surface area (Å²) in [6.45, 7) is 7.03. The molecule has 0 bridgehead atoms. The summed E-state index contributed by atoms with van der Waals surface area (Å²) < 4.78 is 37.8. The zero-order valence-corrected chi connectivity index (χ0v) is 9.99. The molecule has 0 fully saturated rings. The molecular formula is C13H16F3NO. The van der Waals surface area contributed by atoms with Crippen LogP contribution in [0.5, 0.6) is 0 Å². The van der Waals surface area contributed by atoms with Gasteiger partial charge in [0.25, 0.3) is 0 Å². The maximum absolute atomic E-state index is 12.6. The quantitative estimate of drug-likeness (QED) is 0.710. The van der Waals surface area contributed by atoms with E-state index in [2.05, 4.69) is 13.2 Å². The van der Waals surface area contributed by atoms with Crippen molar-refractivity contribution in [3.63, 3.8) is 0 Å². The Balaban J connectivity index is 3.01. The minimum Gasteiger partial charge on any atom is -0.325 e. The summed E-state index contributed by atoms with van der Waals surface area (Å²) in [5, 5.41) is 0. The normalized spacial score (nSPS) is 23.8. The molecule has 1 aliphatic rings. The molecule has 0 aliphatic carbocycles. The molecule has 1 aliphatic heterocycles. The van der Waals surface area contributed by atoms with E-state index in [1.165, 1.54) is 12.2 Å². The van der Waals surface area contributed by atoms with E-state index in [0.29, 0.717) is 19.3 Å². The Morgan fingerprint density at radius 3 is 2.44 bits per heavy atom. The Kier molecular flexibility index (Phi) is 4.76. The summed E-state index contributed by atoms with van der Waals surface area (Å²) >= 11 is 0. The molecule has 2 atom stereocenters. The van der Waals surface area contributed by atoms with Crippen molar-refractivity contribution in [2.24, 2.45) is 0 Å². The highest BCUT2D eigenvalue weighted by Crippen LogP contribution is 2.28. The van der Waals surface area contributed by atoms with Gasteiger partial charge in [0.1, 0.15) is 0 Å². The van der Waals surface area contributed by atoms with Gasteiger partial charge in [0.2, 0.25) is 0 Å². The van der Waals surface area contributed by atoms with Crippen molar-refractivity contribution in [3.8, 4) is 0 Å².